The van der Waals surface area contributed by atoms with E-state index >= 15 is 0 Å². The van der Waals surface area contributed by atoms with Crippen molar-refractivity contribution >= 4 is 11.7 Å². The van der Waals surface area contributed by atoms with Crippen LogP contribution in [0.15, 0.2) is 12.3 Å². The maximum absolute atomic E-state index is 5.36. The van der Waals surface area contributed by atoms with E-state index in [1.165, 1.54) is 4.52 Å². The van der Waals surface area contributed by atoms with Crippen LogP contribution < -0.4 is 10.5 Å². The second kappa shape index (κ2) is 2.33. The van der Waals surface area contributed by atoms with Crippen LogP contribution in [0, 0.1) is 0 Å². The summed E-state index contributed by atoms with van der Waals surface area (Å²) in [7, 11) is 1.54. The molecule has 0 aliphatic rings. The van der Waals surface area contributed by atoms with Crippen LogP contribution in [0.3, 0.4) is 0 Å². The lowest BCUT2D eigenvalue weighted by Crippen LogP contribution is -1.93. The first-order valence-corrected chi connectivity index (χ1v) is 3.32. The average Bonchev–Trinajstić information content (AvgIpc) is 2.43. The fraction of sp³-hybridized carbons (Fsp3) is 0.167. The van der Waals surface area contributed by atoms with Gasteiger partial charge in [0, 0.05) is 12.3 Å². The maximum Gasteiger partial charge on any atom is 0.257 e. The molecule has 2 aromatic heterocycles. The Morgan fingerprint density at radius 1 is 1.50 bits per heavy atom. The van der Waals surface area contributed by atoms with E-state index in [4.69, 9.17) is 10.5 Å². The van der Waals surface area contributed by atoms with Gasteiger partial charge < -0.3 is 10.5 Å². The molecule has 2 aromatic rings. The molecular weight excluding hydrogens is 158 g/mol. The minimum atomic E-state index is 0.204. The summed E-state index contributed by atoms with van der Waals surface area (Å²) in [4.78, 5) is 7.86. The van der Waals surface area contributed by atoms with Crippen LogP contribution in [-0.2, 0) is 0 Å². The summed E-state index contributed by atoms with van der Waals surface area (Å²) in [6.45, 7) is 0. The van der Waals surface area contributed by atoms with Gasteiger partial charge in [-0.2, -0.15) is 9.97 Å². The van der Waals surface area contributed by atoms with E-state index in [1.807, 2.05) is 0 Å². The number of anilines is 1. The molecule has 0 saturated carbocycles. The summed E-state index contributed by atoms with van der Waals surface area (Å²) in [6.07, 6.45) is 1.69. The molecule has 62 valence electrons. The third-order valence-corrected chi connectivity index (χ3v) is 1.41. The highest BCUT2D eigenvalue weighted by Gasteiger charge is 2.01. The summed E-state index contributed by atoms with van der Waals surface area (Å²) in [5.74, 6) is 1.14. The zero-order valence-corrected chi connectivity index (χ0v) is 6.43. The molecule has 0 spiro atoms. The van der Waals surface area contributed by atoms with Crippen molar-refractivity contribution in [2.75, 3.05) is 12.8 Å². The van der Waals surface area contributed by atoms with Crippen molar-refractivity contribution in [1.82, 2.24) is 19.6 Å². The fourth-order valence-electron chi connectivity index (χ4n) is 0.891. The lowest BCUT2D eigenvalue weighted by molar-refractivity contribution is 0.397. The predicted octanol–water partition coefficient (Wildman–Crippen LogP) is -0.285. The topological polar surface area (TPSA) is 78.3 Å². The van der Waals surface area contributed by atoms with Gasteiger partial charge in [-0.3, -0.25) is 0 Å². The number of hydrogen-bond donors (Lipinski definition) is 1. The van der Waals surface area contributed by atoms with Crippen molar-refractivity contribution in [2.24, 2.45) is 0 Å². The van der Waals surface area contributed by atoms with E-state index in [-0.39, 0.29) is 5.95 Å². The standard InChI is InChI=1S/C6H7N5O/c1-12-4-2-3-11-6(8-4)9-5(7)10-11/h2-3H,1H3,(H2,7,10). The van der Waals surface area contributed by atoms with E-state index in [9.17, 15) is 0 Å². The van der Waals surface area contributed by atoms with Crippen molar-refractivity contribution in [3.05, 3.63) is 12.3 Å². The highest BCUT2D eigenvalue weighted by molar-refractivity contribution is 5.35. The summed E-state index contributed by atoms with van der Waals surface area (Å²) < 4.78 is 6.38. The van der Waals surface area contributed by atoms with Gasteiger partial charge in [0.05, 0.1) is 7.11 Å². The number of fused-ring (bicyclic) bond motifs is 1. The molecule has 0 bridgehead atoms. The lowest BCUT2D eigenvalue weighted by atomic mass is 10.6. The molecule has 2 rings (SSSR count). The Balaban J connectivity index is 2.66. The predicted molar refractivity (Wildman–Crippen MR) is 41.7 cm³/mol. The smallest absolute Gasteiger partial charge is 0.257 e. The lowest BCUT2D eigenvalue weighted by Gasteiger charge is -1.95. The van der Waals surface area contributed by atoms with Crippen molar-refractivity contribution in [1.29, 1.82) is 0 Å². The summed E-state index contributed by atoms with van der Waals surface area (Å²) in [6, 6.07) is 1.68. The van der Waals surface area contributed by atoms with Gasteiger partial charge in [-0.1, -0.05) is 0 Å². The fourth-order valence-corrected chi connectivity index (χ4v) is 0.891. The molecule has 0 aromatic carbocycles. The Kier molecular flexibility index (Phi) is 1.33. The van der Waals surface area contributed by atoms with Crippen LogP contribution in [0.25, 0.3) is 5.78 Å². The highest BCUT2D eigenvalue weighted by atomic mass is 16.5. The molecule has 0 radical (unpaired) electrons. The third kappa shape index (κ3) is 0.931. The molecule has 0 atom stereocenters. The van der Waals surface area contributed by atoms with Crippen molar-refractivity contribution in [3.63, 3.8) is 0 Å². The molecule has 0 aliphatic heterocycles. The molecule has 0 saturated heterocycles. The summed E-state index contributed by atoms with van der Waals surface area (Å²) in [5.41, 5.74) is 5.36. The van der Waals surface area contributed by atoms with Crippen LogP contribution in [-0.4, -0.2) is 26.7 Å². The largest absolute Gasteiger partial charge is 0.481 e. The van der Waals surface area contributed by atoms with E-state index in [0.29, 0.717) is 11.7 Å². The zero-order valence-electron chi connectivity index (χ0n) is 6.43. The monoisotopic (exact) mass is 165 g/mol. The molecule has 6 heteroatoms. The highest BCUT2D eigenvalue weighted by Crippen LogP contribution is 2.06. The molecule has 2 heterocycles. The number of methoxy groups -OCH3 is 1. The van der Waals surface area contributed by atoms with Crippen LogP contribution >= 0.6 is 0 Å². The van der Waals surface area contributed by atoms with Gasteiger partial charge in [0.25, 0.3) is 5.78 Å². The van der Waals surface area contributed by atoms with Gasteiger partial charge in [0.15, 0.2) is 0 Å². The zero-order chi connectivity index (χ0) is 8.55. The normalized spacial score (nSPS) is 10.4. The van der Waals surface area contributed by atoms with Crippen LogP contribution in [0.1, 0.15) is 0 Å². The molecule has 12 heavy (non-hydrogen) atoms. The minimum Gasteiger partial charge on any atom is -0.481 e. The van der Waals surface area contributed by atoms with Gasteiger partial charge in [-0.25, -0.2) is 4.52 Å². The Hall–Kier alpha value is -1.85. The van der Waals surface area contributed by atoms with E-state index in [2.05, 4.69) is 15.1 Å². The SMILES string of the molecule is COc1ccn2nc(N)nc2n1. The number of rotatable bonds is 1. The first-order valence-electron chi connectivity index (χ1n) is 3.32. The van der Waals surface area contributed by atoms with Crippen LogP contribution in [0.5, 0.6) is 5.88 Å². The quantitative estimate of drug-likeness (QED) is 0.628. The Morgan fingerprint density at radius 3 is 3.08 bits per heavy atom. The minimum absolute atomic E-state index is 0.204. The van der Waals surface area contributed by atoms with Crippen molar-refractivity contribution in [2.45, 2.75) is 0 Å². The van der Waals surface area contributed by atoms with Gasteiger partial charge in [0.1, 0.15) is 0 Å². The summed E-state index contributed by atoms with van der Waals surface area (Å²) >= 11 is 0. The Bertz CT molecular complexity index is 409. The van der Waals surface area contributed by atoms with Crippen molar-refractivity contribution in [3.8, 4) is 5.88 Å². The van der Waals surface area contributed by atoms with E-state index in [1.54, 1.807) is 19.4 Å². The number of aromatic nitrogens is 4. The first-order chi connectivity index (χ1) is 5.79. The molecule has 0 amide bonds. The molecule has 0 fully saturated rings. The number of ether oxygens (including phenoxy) is 1. The number of nitrogens with two attached hydrogens (primary N) is 1. The van der Waals surface area contributed by atoms with Gasteiger partial charge >= 0.3 is 0 Å². The van der Waals surface area contributed by atoms with Gasteiger partial charge in [-0.05, 0) is 0 Å². The van der Waals surface area contributed by atoms with E-state index in [0.717, 1.165) is 0 Å². The molecule has 2 N–H and O–H groups in total. The number of nitrogens with zero attached hydrogens (tertiary/aromatic N) is 4. The van der Waals surface area contributed by atoms with Crippen LogP contribution in [0.2, 0.25) is 0 Å². The van der Waals surface area contributed by atoms with E-state index < -0.39 is 0 Å². The Labute approximate surface area is 68.0 Å². The molecule has 0 aliphatic carbocycles. The molecule has 6 nitrogen and oxygen atoms in total. The van der Waals surface area contributed by atoms with Crippen molar-refractivity contribution < 1.29 is 4.74 Å². The van der Waals surface area contributed by atoms with Gasteiger partial charge in [0.2, 0.25) is 11.8 Å². The molecular formula is C6H7N5O. The second-order valence-corrected chi connectivity index (χ2v) is 2.18. The summed E-state index contributed by atoms with van der Waals surface area (Å²) in [5, 5.41) is 3.85. The average molecular weight is 165 g/mol. The van der Waals surface area contributed by atoms with Gasteiger partial charge in [-0.15, -0.1) is 5.10 Å². The number of nitrogen functional groups attached to an aromatic ring is 1. The number of hydrogen-bond acceptors (Lipinski definition) is 5. The van der Waals surface area contributed by atoms with Crippen LogP contribution in [0.4, 0.5) is 5.95 Å². The molecule has 0 unspecified atom stereocenters. The maximum atomic E-state index is 5.36. The second-order valence-electron chi connectivity index (χ2n) is 2.18. The first kappa shape index (κ1) is 6.84. The Morgan fingerprint density at radius 2 is 2.33 bits per heavy atom. The third-order valence-electron chi connectivity index (χ3n) is 1.41.